The highest BCUT2D eigenvalue weighted by atomic mass is 16.3. The van der Waals surface area contributed by atoms with Gasteiger partial charge in [0.2, 0.25) is 0 Å². The van der Waals surface area contributed by atoms with Gasteiger partial charge in [-0.25, -0.2) is 4.68 Å². The second-order valence-electron chi connectivity index (χ2n) is 4.65. The largest absolute Gasteiger partial charge is 0.395 e. The number of nitrogens with one attached hydrogen (secondary N) is 1. The van der Waals surface area contributed by atoms with E-state index in [2.05, 4.69) is 15.6 Å². The number of hydrogen-bond acceptors (Lipinski definition) is 5. The topological polar surface area (TPSA) is 83.2 Å². The first-order valence-electron chi connectivity index (χ1n) is 6.70. The van der Waals surface area contributed by atoms with Gasteiger partial charge in [0.1, 0.15) is 0 Å². The van der Waals surface area contributed by atoms with Crippen LogP contribution in [-0.4, -0.2) is 44.5 Å². The lowest BCUT2D eigenvalue weighted by molar-refractivity contribution is 0.240. The number of hydrogen-bond donors (Lipinski definition) is 3. The van der Waals surface area contributed by atoms with Gasteiger partial charge in [-0.1, -0.05) is 35.5 Å². The molecule has 1 heterocycles. The van der Waals surface area contributed by atoms with Crippen LogP contribution in [0.15, 0.2) is 36.5 Å². The summed E-state index contributed by atoms with van der Waals surface area (Å²) in [6.07, 6.45) is 2.56. The molecule has 2 rings (SSSR count). The molecule has 0 amide bonds. The summed E-state index contributed by atoms with van der Waals surface area (Å²) in [5, 5.41) is 29.4. The molecular formula is C14H20N4O2. The monoisotopic (exact) mass is 276 g/mol. The third kappa shape index (κ3) is 4.41. The Morgan fingerprint density at radius 3 is 2.70 bits per heavy atom. The molecule has 0 saturated carbocycles. The molecule has 0 bridgehead atoms. The minimum absolute atomic E-state index is 0.0135. The van der Waals surface area contributed by atoms with Crippen LogP contribution >= 0.6 is 0 Å². The van der Waals surface area contributed by atoms with Gasteiger partial charge in [0.25, 0.3) is 0 Å². The van der Waals surface area contributed by atoms with Gasteiger partial charge in [-0.15, -0.1) is 5.10 Å². The molecule has 6 nitrogen and oxygen atoms in total. The van der Waals surface area contributed by atoms with Crippen LogP contribution in [0.5, 0.6) is 0 Å². The predicted octanol–water partition coefficient (Wildman–Crippen LogP) is -0.0364. The molecule has 0 fully saturated rings. The van der Waals surface area contributed by atoms with Crippen LogP contribution in [0.2, 0.25) is 0 Å². The highest BCUT2D eigenvalue weighted by Crippen LogP contribution is 2.03. The van der Waals surface area contributed by atoms with E-state index < -0.39 is 0 Å². The van der Waals surface area contributed by atoms with Gasteiger partial charge in [-0.3, -0.25) is 0 Å². The molecule has 20 heavy (non-hydrogen) atoms. The van der Waals surface area contributed by atoms with E-state index >= 15 is 0 Å². The van der Waals surface area contributed by atoms with Gasteiger partial charge in [0.05, 0.1) is 25.5 Å². The zero-order valence-electron chi connectivity index (χ0n) is 11.3. The average molecular weight is 276 g/mol. The van der Waals surface area contributed by atoms with Crippen molar-refractivity contribution in [2.45, 2.75) is 25.6 Å². The highest BCUT2D eigenvalue weighted by Gasteiger charge is 2.09. The smallest absolute Gasteiger partial charge is 0.0964 e. The van der Waals surface area contributed by atoms with Crippen molar-refractivity contribution in [3.8, 4) is 0 Å². The van der Waals surface area contributed by atoms with Crippen LogP contribution in [0.3, 0.4) is 0 Å². The van der Waals surface area contributed by atoms with Crippen molar-refractivity contribution in [3.05, 3.63) is 47.8 Å². The second kappa shape index (κ2) is 7.74. The number of aliphatic hydroxyl groups excluding tert-OH is 2. The molecule has 1 aromatic carbocycles. The van der Waals surface area contributed by atoms with Crippen molar-refractivity contribution in [3.63, 3.8) is 0 Å². The molecular weight excluding hydrogens is 256 g/mol. The number of aliphatic hydroxyl groups is 2. The zero-order valence-corrected chi connectivity index (χ0v) is 11.3. The SMILES string of the molecule is OCCn1cc(CNC(CO)Cc2ccccc2)nn1. The molecule has 0 aliphatic rings. The summed E-state index contributed by atoms with van der Waals surface area (Å²) in [6, 6.07) is 10.0. The van der Waals surface area contributed by atoms with Crippen molar-refractivity contribution in [2.24, 2.45) is 0 Å². The molecule has 108 valence electrons. The molecule has 0 aliphatic heterocycles. The normalized spacial score (nSPS) is 12.5. The molecule has 1 unspecified atom stereocenters. The van der Waals surface area contributed by atoms with E-state index in [9.17, 15) is 5.11 Å². The van der Waals surface area contributed by atoms with Crippen LogP contribution in [0.25, 0.3) is 0 Å². The van der Waals surface area contributed by atoms with Crippen molar-refractivity contribution in [1.82, 2.24) is 20.3 Å². The van der Waals surface area contributed by atoms with Crippen LogP contribution in [0, 0.1) is 0 Å². The second-order valence-corrected chi connectivity index (χ2v) is 4.65. The molecule has 0 saturated heterocycles. The lowest BCUT2D eigenvalue weighted by Crippen LogP contribution is -2.34. The summed E-state index contributed by atoms with van der Waals surface area (Å²) >= 11 is 0. The Labute approximate surface area is 118 Å². The van der Waals surface area contributed by atoms with Gasteiger partial charge in [0, 0.05) is 18.8 Å². The zero-order chi connectivity index (χ0) is 14.2. The summed E-state index contributed by atoms with van der Waals surface area (Å²) in [5.41, 5.74) is 1.98. The molecule has 1 aromatic heterocycles. The summed E-state index contributed by atoms with van der Waals surface area (Å²) in [7, 11) is 0. The molecule has 0 spiro atoms. The highest BCUT2D eigenvalue weighted by molar-refractivity contribution is 5.15. The maximum absolute atomic E-state index is 9.42. The molecule has 0 aliphatic carbocycles. The Bertz CT molecular complexity index is 501. The number of aromatic nitrogens is 3. The first-order valence-corrected chi connectivity index (χ1v) is 6.70. The molecule has 3 N–H and O–H groups in total. The Morgan fingerprint density at radius 1 is 1.20 bits per heavy atom. The van der Waals surface area contributed by atoms with E-state index in [0.717, 1.165) is 12.1 Å². The summed E-state index contributed by atoms with van der Waals surface area (Å²) in [5.74, 6) is 0. The molecule has 6 heteroatoms. The fraction of sp³-hybridized carbons (Fsp3) is 0.429. The Balaban J connectivity index is 1.83. The van der Waals surface area contributed by atoms with Crippen LogP contribution < -0.4 is 5.32 Å². The minimum Gasteiger partial charge on any atom is -0.395 e. The third-order valence-corrected chi connectivity index (χ3v) is 3.03. The average Bonchev–Trinajstić information content (AvgIpc) is 2.92. The van der Waals surface area contributed by atoms with Crippen molar-refractivity contribution in [2.75, 3.05) is 13.2 Å². The lowest BCUT2D eigenvalue weighted by atomic mass is 10.1. The summed E-state index contributed by atoms with van der Waals surface area (Å²) in [4.78, 5) is 0. The predicted molar refractivity (Wildman–Crippen MR) is 75.0 cm³/mol. The lowest BCUT2D eigenvalue weighted by Gasteiger charge is -2.15. The van der Waals surface area contributed by atoms with E-state index in [0.29, 0.717) is 13.1 Å². The Kier molecular flexibility index (Phi) is 5.67. The fourth-order valence-electron chi connectivity index (χ4n) is 1.98. The van der Waals surface area contributed by atoms with E-state index in [1.165, 1.54) is 5.56 Å². The molecule has 1 atom stereocenters. The first-order chi connectivity index (χ1) is 9.81. The number of benzene rings is 1. The maximum atomic E-state index is 9.42. The number of rotatable bonds is 8. The van der Waals surface area contributed by atoms with E-state index in [1.54, 1.807) is 10.9 Å². The van der Waals surface area contributed by atoms with Crippen LogP contribution in [-0.2, 0) is 19.5 Å². The van der Waals surface area contributed by atoms with Crippen LogP contribution in [0.1, 0.15) is 11.3 Å². The minimum atomic E-state index is -0.0135. The van der Waals surface area contributed by atoms with E-state index in [4.69, 9.17) is 5.11 Å². The van der Waals surface area contributed by atoms with E-state index in [1.807, 2.05) is 30.3 Å². The van der Waals surface area contributed by atoms with Crippen molar-refractivity contribution in [1.29, 1.82) is 0 Å². The van der Waals surface area contributed by atoms with Gasteiger partial charge in [-0.2, -0.15) is 0 Å². The van der Waals surface area contributed by atoms with E-state index in [-0.39, 0.29) is 19.3 Å². The first kappa shape index (κ1) is 14.6. The molecule has 2 aromatic rings. The van der Waals surface area contributed by atoms with Gasteiger partial charge in [-0.05, 0) is 12.0 Å². The Hall–Kier alpha value is -1.76. The third-order valence-electron chi connectivity index (χ3n) is 3.03. The van der Waals surface area contributed by atoms with Crippen molar-refractivity contribution < 1.29 is 10.2 Å². The standard InChI is InChI=1S/C14H20N4O2/c19-7-6-18-10-14(16-17-18)9-15-13(11-20)8-12-4-2-1-3-5-12/h1-5,10,13,15,19-20H,6-9,11H2. The summed E-state index contributed by atoms with van der Waals surface area (Å²) in [6.45, 7) is 1.10. The maximum Gasteiger partial charge on any atom is 0.0964 e. The van der Waals surface area contributed by atoms with Gasteiger partial charge >= 0.3 is 0 Å². The Morgan fingerprint density at radius 2 is 2.00 bits per heavy atom. The summed E-state index contributed by atoms with van der Waals surface area (Å²) < 4.78 is 1.60. The van der Waals surface area contributed by atoms with Crippen molar-refractivity contribution >= 4 is 0 Å². The quantitative estimate of drug-likeness (QED) is 0.630. The van der Waals surface area contributed by atoms with Crippen LogP contribution in [0.4, 0.5) is 0 Å². The van der Waals surface area contributed by atoms with Gasteiger partial charge in [0.15, 0.2) is 0 Å². The fourth-order valence-corrected chi connectivity index (χ4v) is 1.98. The van der Waals surface area contributed by atoms with Gasteiger partial charge < -0.3 is 15.5 Å². The number of nitrogens with zero attached hydrogens (tertiary/aromatic N) is 3. The molecule has 0 radical (unpaired) electrons.